The molecule has 0 bridgehead atoms. The number of rotatable bonds is 4. The van der Waals surface area contributed by atoms with Crippen LogP contribution in [0.15, 0.2) is 12.2 Å². The van der Waals surface area contributed by atoms with Crippen LogP contribution in [-0.4, -0.2) is 24.9 Å². The van der Waals surface area contributed by atoms with Crippen molar-refractivity contribution in [1.82, 2.24) is 0 Å². The van der Waals surface area contributed by atoms with E-state index in [-0.39, 0.29) is 12.9 Å². The maximum atomic E-state index is 10.3. The van der Waals surface area contributed by atoms with Gasteiger partial charge in [0.05, 0.1) is 0 Å². The lowest BCUT2D eigenvalue weighted by atomic mass is 10.5. The van der Waals surface area contributed by atoms with Crippen molar-refractivity contribution >= 4 is 24.9 Å². The van der Waals surface area contributed by atoms with Crippen LogP contribution in [0.25, 0.3) is 0 Å². The molecule has 0 unspecified atom stereocenters. The standard InChI is InChI=1S/C6H4O6/c7-3-11-5(9)1-2-6(10)12-4-8/h1-4H/b2-1+. The maximum Gasteiger partial charge on any atom is 0.338 e. The largest absolute Gasteiger partial charge is 0.392 e. The van der Waals surface area contributed by atoms with Gasteiger partial charge in [-0.3, -0.25) is 9.59 Å². The van der Waals surface area contributed by atoms with Gasteiger partial charge in [-0.25, -0.2) is 9.59 Å². The van der Waals surface area contributed by atoms with Crippen LogP contribution in [0, 0.1) is 0 Å². The quantitative estimate of drug-likeness (QED) is 0.232. The molecule has 0 aromatic carbocycles. The molecule has 6 nitrogen and oxygen atoms in total. The highest BCUT2D eigenvalue weighted by Gasteiger charge is 1.98. The van der Waals surface area contributed by atoms with E-state index in [1.807, 2.05) is 0 Å². The lowest BCUT2D eigenvalue weighted by Gasteiger charge is -1.87. The Hall–Kier alpha value is -1.98. The van der Waals surface area contributed by atoms with Crippen LogP contribution in [0.5, 0.6) is 0 Å². The number of esters is 2. The molecule has 0 spiro atoms. The first kappa shape index (κ1) is 10.0. The number of ether oxygens (including phenoxy) is 2. The van der Waals surface area contributed by atoms with Gasteiger partial charge in [-0.2, -0.15) is 0 Å². The van der Waals surface area contributed by atoms with Crippen LogP contribution in [0.1, 0.15) is 0 Å². The van der Waals surface area contributed by atoms with Crippen molar-refractivity contribution in [2.75, 3.05) is 0 Å². The second-order valence-corrected chi connectivity index (χ2v) is 1.40. The van der Waals surface area contributed by atoms with E-state index in [0.717, 1.165) is 0 Å². The highest BCUT2D eigenvalue weighted by Crippen LogP contribution is 1.81. The SMILES string of the molecule is O=COC(=O)/C=C/C(=O)OC=O. The van der Waals surface area contributed by atoms with Crippen molar-refractivity contribution in [3.8, 4) is 0 Å². The van der Waals surface area contributed by atoms with E-state index in [1.165, 1.54) is 0 Å². The van der Waals surface area contributed by atoms with Crippen molar-refractivity contribution in [3.63, 3.8) is 0 Å². The van der Waals surface area contributed by atoms with Gasteiger partial charge in [-0.1, -0.05) is 0 Å². The molecule has 0 atom stereocenters. The van der Waals surface area contributed by atoms with E-state index < -0.39 is 11.9 Å². The summed E-state index contributed by atoms with van der Waals surface area (Å²) < 4.78 is 7.54. The topological polar surface area (TPSA) is 86.7 Å². The summed E-state index contributed by atoms with van der Waals surface area (Å²) in [6, 6.07) is 0. The van der Waals surface area contributed by atoms with Gasteiger partial charge in [0.2, 0.25) is 0 Å². The molecule has 0 saturated heterocycles. The molecule has 0 saturated carbocycles. The fourth-order valence-electron chi connectivity index (χ4n) is 0.309. The summed E-state index contributed by atoms with van der Waals surface area (Å²) in [7, 11) is 0. The van der Waals surface area contributed by atoms with Crippen LogP contribution >= 0.6 is 0 Å². The summed E-state index contributed by atoms with van der Waals surface area (Å²) in [5.74, 6) is -2.04. The molecule has 0 fully saturated rings. The lowest BCUT2D eigenvalue weighted by Crippen LogP contribution is -2.02. The Labute approximate surface area is 66.7 Å². The summed E-state index contributed by atoms with van der Waals surface area (Å²) >= 11 is 0. The minimum absolute atomic E-state index is 0.0856. The molecule has 0 aromatic rings. The summed E-state index contributed by atoms with van der Waals surface area (Å²) in [6.07, 6.45) is 1.31. The summed E-state index contributed by atoms with van der Waals surface area (Å²) in [5.41, 5.74) is 0. The van der Waals surface area contributed by atoms with Gasteiger partial charge in [0.15, 0.2) is 0 Å². The van der Waals surface area contributed by atoms with Crippen molar-refractivity contribution in [2.24, 2.45) is 0 Å². The fourth-order valence-corrected chi connectivity index (χ4v) is 0.309. The minimum Gasteiger partial charge on any atom is -0.392 e. The molecule has 0 aliphatic rings. The van der Waals surface area contributed by atoms with Gasteiger partial charge in [-0.15, -0.1) is 0 Å². The van der Waals surface area contributed by atoms with Gasteiger partial charge in [0, 0.05) is 12.2 Å². The third kappa shape index (κ3) is 4.86. The average molecular weight is 172 g/mol. The predicted octanol–water partition coefficient (Wildman–Crippen LogP) is -1.06. The maximum absolute atomic E-state index is 10.3. The van der Waals surface area contributed by atoms with Crippen LogP contribution in [-0.2, 0) is 28.7 Å². The first-order valence-electron chi connectivity index (χ1n) is 2.67. The van der Waals surface area contributed by atoms with E-state index in [9.17, 15) is 19.2 Å². The Morgan fingerprint density at radius 3 is 1.42 bits per heavy atom. The molecule has 64 valence electrons. The number of hydrogen-bond acceptors (Lipinski definition) is 6. The predicted molar refractivity (Wildman–Crippen MR) is 33.5 cm³/mol. The number of carbonyl (C=O) groups excluding carboxylic acids is 4. The first-order valence-corrected chi connectivity index (χ1v) is 2.67. The molecule has 12 heavy (non-hydrogen) atoms. The first-order chi connectivity index (χ1) is 5.70. The van der Waals surface area contributed by atoms with Gasteiger partial charge in [0.25, 0.3) is 0 Å². The normalized spacial score (nSPS) is 9.00. The number of carbonyl (C=O) groups is 4. The Morgan fingerprint density at radius 1 is 0.833 bits per heavy atom. The van der Waals surface area contributed by atoms with Crippen molar-refractivity contribution in [2.45, 2.75) is 0 Å². The van der Waals surface area contributed by atoms with Crippen molar-refractivity contribution < 1.29 is 28.7 Å². The Morgan fingerprint density at radius 2 is 1.17 bits per heavy atom. The molecular weight excluding hydrogens is 168 g/mol. The zero-order chi connectivity index (χ0) is 9.40. The molecule has 0 aliphatic heterocycles. The van der Waals surface area contributed by atoms with Gasteiger partial charge in [-0.05, 0) is 0 Å². The van der Waals surface area contributed by atoms with E-state index in [2.05, 4.69) is 9.47 Å². The smallest absolute Gasteiger partial charge is 0.338 e. The van der Waals surface area contributed by atoms with Gasteiger partial charge in [0.1, 0.15) is 0 Å². The molecule has 0 aliphatic carbocycles. The minimum atomic E-state index is -1.02. The average Bonchev–Trinajstić information content (AvgIpc) is 2.02. The molecule has 0 rings (SSSR count). The third-order valence-electron chi connectivity index (χ3n) is 0.684. The van der Waals surface area contributed by atoms with Crippen molar-refractivity contribution in [3.05, 3.63) is 12.2 Å². The fraction of sp³-hybridized carbons (Fsp3) is 0. The molecule has 0 amide bonds. The second-order valence-electron chi connectivity index (χ2n) is 1.40. The molecule has 0 radical (unpaired) electrons. The highest BCUT2D eigenvalue weighted by atomic mass is 16.6. The second kappa shape index (κ2) is 5.78. The van der Waals surface area contributed by atoms with Crippen LogP contribution < -0.4 is 0 Å². The molecular formula is C6H4O6. The van der Waals surface area contributed by atoms with E-state index in [0.29, 0.717) is 12.2 Å². The van der Waals surface area contributed by atoms with E-state index in [4.69, 9.17) is 0 Å². The monoisotopic (exact) mass is 172 g/mol. The molecule has 6 heteroatoms. The van der Waals surface area contributed by atoms with Crippen LogP contribution in [0.3, 0.4) is 0 Å². The van der Waals surface area contributed by atoms with Crippen LogP contribution in [0.2, 0.25) is 0 Å². The van der Waals surface area contributed by atoms with Crippen molar-refractivity contribution in [1.29, 1.82) is 0 Å². The molecule has 0 heterocycles. The van der Waals surface area contributed by atoms with Crippen LogP contribution in [0.4, 0.5) is 0 Å². The summed E-state index contributed by atoms with van der Waals surface area (Å²) in [4.78, 5) is 39.7. The Kier molecular flexibility index (Phi) is 4.83. The third-order valence-corrected chi connectivity index (χ3v) is 0.684. The lowest BCUT2D eigenvalue weighted by molar-refractivity contribution is -0.150. The Bertz CT molecular complexity index is 204. The van der Waals surface area contributed by atoms with E-state index in [1.54, 1.807) is 0 Å². The summed E-state index contributed by atoms with van der Waals surface area (Å²) in [6.45, 7) is -0.171. The molecule has 0 N–H and O–H groups in total. The van der Waals surface area contributed by atoms with E-state index >= 15 is 0 Å². The highest BCUT2D eigenvalue weighted by molar-refractivity contribution is 5.95. The molecule has 0 aromatic heterocycles. The zero-order valence-corrected chi connectivity index (χ0v) is 5.76. The van der Waals surface area contributed by atoms with Gasteiger partial charge < -0.3 is 9.47 Å². The van der Waals surface area contributed by atoms with Gasteiger partial charge >= 0.3 is 24.9 Å². The Balaban J connectivity index is 3.88. The number of hydrogen-bond donors (Lipinski definition) is 0. The summed E-state index contributed by atoms with van der Waals surface area (Å²) in [5, 5.41) is 0. The zero-order valence-electron chi connectivity index (χ0n) is 5.76.